The zero-order valence-electron chi connectivity index (χ0n) is 16.6. The van der Waals surface area contributed by atoms with Gasteiger partial charge in [-0.3, -0.25) is 23.8 Å². The van der Waals surface area contributed by atoms with Crippen LogP contribution in [0.2, 0.25) is 0 Å². The standard InChI is InChI=1S/C14H18N6O10S2/c1-14(2,12(24)25)30-18-6(5-4-31-13(15)16-5)9(21)17-7-8(10(22)19-29-3)20(11(7)23)32(26,27)28/h4,7-8H,1-3H3,(H2,15,16)(H,17,21)(H,19,22)(H,24,25)(H,26,27,28). The average molecular weight is 494 g/mol. The van der Waals surface area contributed by atoms with E-state index in [4.69, 9.17) is 15.7 Å². The SMILES string of the molecule is CONC(=O)C1C(NC(=O)C(=NOC(C)(C)C(=O)O)c2csc(N)n2)C(=O)N1S(=O)(=O)O. The minimum atomic E-state index is -5.14. The van der Waals surface area contributed by atoms with Crippen LogP contribution in [0.25, 0.3) is 0 Å². The summed E-state index contributed by atoms with van der Waals surface area (Å²) in [5, 5.41) is 16.0. The summed E-state index contributed by atoms with van der Waals surface area (Å²) in [7, 11) is -4.11. The molecule has 2 heterocycles. The Morgan fingerprint density at radius 1 is 1.38 bits per heavy atom. The third-order valence-electron chi connectivity index (χ3n) is 3.92. The lowest BCUT2D eigenvalue weighted by molar-refractivity contribution is -0.161. The summed E-state index contributed by atoms with van der Waals surface area (Å²) in [5.41, 5.74) is 4.70. The summed E-state index contributed by atoms with van der Waals surface area (Å²) >= 11 is 0.911. The Kier molecular flexibility index (Phi) is 7.03. The van der Waals surface area contributed by atoms with Gasteiger partial charge < -0.3 is 21.0 Å². The van der Waals surface area contributed by atoms with Crippen LogP contribution in [0.5, 0.6) is 0 Å². The molecular formula is C14H18N6O10S2. The lowest BCUT2D eigenvalue weighted by Crippen LogP contribution is -2.76. The first-order chi connectivity index (χ1) is 14.7. The summed E-state index contributed by atoms with van der Waals surface area (Å²) in [6.07, 6.45) is 0. The molecule has 0 bridgehead atoms. The van der Waals surface area contributed by atoms with Crippen molar-refractivity contribution in [3.63, 3.8) is 0 Å². The molecule has 1 saturated heterocycles. The number of hydrogen-bond donors (Lipinski definition) is 5. The van der Waals surface area contributed by atoms with Crippen molar-refractivity contribution < 1.29 is 46.9 Å². The maximum Gasteiger partial charge on any atom is 0.363 e. The molecule has 1 fully saturated rings. The number of aromatic nitrogens is 1. The molecule has 0 saturated carbocycles. The molecule has 6 N–H and O–H groups in total. The van der Waals surface area contributed by atoms with Crippen molar-refractivity contribution in [3.8, 4) is 0 Å². The molecule has 1 aromatic heterocycles. The van der Waals surface area contributed by atoms with E-state index in [-0.39, 0.29) is 15.1 Å². The first kappa shape index (κ1) is 24.9. The molecular weight excluding hydrogens is 476 g/mol. The van der Waals surface area contributed by atoms with Gasteiger partial charge in [-0.25, -0.2) is 15.3 Å². The number of thiazole rings is 1. The molecule has 16 nitrogen and oxygen atoms in total. The predicted octanol–water partition coefficient (Wildman–Crippen LogP) is -2.51. The second-order valence-electron chi connectivity index (χ2n) is 6.60. The number of nitrogens with two attached hydrogens (primary N) is 1. The van der Waals surface area contributed by atoms with Gasteiger partial charge in [-0.2, -0.15) is 12.7 Å². The Morgan fingerprint density at radius 2 is 2.00 bits per heavy atom. The van der Waals surface area contributed by atoms with Gasteiger partial charge >= 0.3 is 16.3 Å². The lowest BCUT2D eigenvalue weighted by Gasteiger charge is -2.42. The molecule has 3 amide bonds. The Bertz CT molecular complexity index is 1080. The number of β-lactam (4-membered cyclic amide) rings is 1. The van der Waals surface area contributed by atoms with Gasteiger partial charge in [0.2, 0.25) is 5.60 Å². The second-order valence-corrected chi connectivity index (χ2v) is 8.77. The van der Waals surface area contributed by atoms with Crippen molar-refractivity contribution in [1.82, 2.24) is 20.1 Å². The van der Waals surface area contributed by atoms with Gasteiger partial charge in [0, 0.05) is 5.38 Å². The fraction of sp³-hybridized carbons (Fsp3) is 0.429. The normalized spacial score (nSPS) is 19.2. The van der Waals surface area contributed by atoms with E-state index in [2.05, 4.69) is 20.3 Å². The molecule has 1 aliphatic rings. The highest BCUT2D eigenvalue weighted by Crippen LogP contribution is 2.24. The number of carbonyl (C=O) groups is 4. The number of oxime groups is 1. The molecule has 0 aromatic carbocycles. The first-order valence-corrected chi connectivity index (χ1v) is 10.6. The van der Waals surface area contributed by atoms with Crippen molar-refractivity contribution in [2.45, 2.75) is 31.5 Å². The van der Waals surface area contributed by atoms with Crippen LogP contribution in [-0.2, 0) is 39.2 Å². The highest BCUT2D eigenvalue weighted by Gasteiger charge is 2.58. The molecule has 0 radical (unpaired) electrons. The van der Waals surface area contributed by atoms with E-state index in [1.165, 1.54) is 5.38 Å². The topological polar surface area (TPSA) is 240 Å². The maximum absolute atomic E-state index is 12.8. The van der Waals surface area contributed by atoms with E-state index in [1.54, 1.807) is 5.48 Å². The Morgan fingerprint density at radius 3 is 2.47 bits per heavy atom. The van der Waals surface area contributed by atoms with Crippen LogP contribution in [0.4, 0.5) is 5.13 Å². The van der Waals surface area contributed by atoms with E-state index < -0.39 is 57.4 Å². The van der Waals surface area contributed by atoms with Crippen LogP contribution >= 0.6 is 11.3 Å². The van der Waals surface area contributed by atoms with Gasteiger partial charge in [0.05, 0.1) is 7.11 Å². The highest BCUT2D eigenvalue weighted by atomic mass is 32.2. The van der Waals surface area contributed by atoms with Gasteiger partial charge in [-0.05, 0) is 13.8 Å². The molecule has 0 spiro atoms. The van der Waals surface area contributed by atoms with E-state index in [0.717, 1.165) is 32.3 Å². The van der Waals surface area contributed by atoms with Crippen LogP contribution < -0.4 is 16.5 Å². The second kappa shape index (κ2) is 9.02. The fourth-order valence-corrected chi connectivity index (χ4v) is 3.68. The number of carboxylic acid groups (broad SMARTS) is 1. The van der Waals surface area contributed by atoms with Crippen LogP contribution in [0.3, 0.4) is 0 Å². The smallest absolute Gasteiger partial charge is 0.363 e. The van der Waals surface area contributed by atoms with Crippen LogP contribution in [-0.4, -0.2) is 81.6 Å². The number of nitrogens with one attached hydrogen (secondary N) is 2. The number of aliphatic carboxylic acids is 1. The van der Waals surface area contributed by atoms with E-state index in [0.29, 0.717) is 0 Å². The van der Waals surface area contributed by atoms with E-state index in [9.17, 15) is 32.1 Å². The van der Waals surface area contributed by atoms with Gasteiger partial charge in [-0.15, -0.1) is 11.3 Å². The molecule has 2 atom stereocenters. The third-order valence-corrected chi connectivity index (χ3v) is 5.50. The summed E-state index contributed by atoms with van der Waals surface area (Å²) < 4.78 is 31.9. The quantitative estimate of drug-likeness (QED) is 0.103. The van der Waals surface area contributed by atoms with Crippen LogP contribution in [0.1, 0.15) is 19.5 Å². The van der Waals surface area contributed by atoms with Crippen molar-refractivity contribution in [2.24, 2.45) is 5.16 Å². The lowest BCUT2D eigenvalue weighted by atomic mass is 9.97. The summed E-state index contributed by atoms with van der Waals surface area (Å²) in [4.78, 5) is 61.4. The number of carbonyl (C=O) groups excluding carboxylic acids is 3. The summed E-state index contributed by atoms with van der Waals surface area (Å²) in [6, 6.07) is -3.65. The molecule has 32 heavy (non-hydrogen) atoms. The van der Waals surface area contributed by atoms with Crippen molar-refractivity contribution in [3.05, 3.63) is 11.1 Å². The fourth-order valence-electron chi connectivity index (χ4n) is 2.29. The number of hydrogen-bond acceptors (Lipinski definition) is 12. The molecule has 2 rings (SSSR count). The van der Waals surface area contributed by atoms with Crippen LogP contribution in [0.15, 0.2) is 10.5 Å². The average Bonchev–Trinajstić information content (AvgIpc) is 3.08. The van der Waals surface area contributed by atoms with Gasteiger partial charge in [0.15, 0.2) is 16.9 Å². The number of carboxylic acids is 1. The minimum Gasteiger partial charge on any atom is -0.478 e. The third kappa shape index (κ3) is 5.10. The number of amides is 3. The van der Waals surface area contributed by atoms with Crippen molar-refractivity contribution in [1.29, 1.82) is 0 Å². The first-order valence-electron chi connectivity index (χ1n) is 8.36. The molecule has 2 unspecified atom stereocenters. The number of hydroxylamine groups is 1. The largest absolute Gasteiger partial charge is 0.478 e. The number of rotatable bonds is 9. The monoisotopic (exact) mass is 494 g/mol. The predicted molar refractivity (Wildman–Crippen MR) is 105 cm³/mol. The molecule has 1 aromatic rings. The Hall–Kier alpha value is -3.35. The summed E-state index contributed by atoms with van der Waals surface area (Å²) in [6.45, 7) is 2.29. The maximum atomic E-state index is 12.8. The van der Waals surface area contributed by atoms with Gasteiger partial charge in [-0.1, -0.05) is 5.16 Å². The number of nitrogen functional groups attached to an aromatic ring is 1. The van der Waals surface area contributed by atoms with Gasteiger partial charge in [0.25, 0.3) is 17.7 Å². The number of anilines is 1. The highest BCUT2D eigenvalue weighted by molar-refractivity contribution is 7.84. The van der Waals surface area contributed by atoms with E-state index in [1.807, 2.05) is 0 Å². The number of nitrogens with zero attached hydrogens (tertiary/aromatic N) is 3. The Balaban J connectivity index is 2.36. The molecule has 1 aliphatic heterocycles. The zero-order valence-corrected chi connectivity index (χ0v) is 18.3. The van der Waals surface area contributed by atoms with Crippen molar-refractivity contribution >= 4 is 56.2 Å². The van der Waals surface area contributed by atoms with Gasteiger partial charge in [0.1, 0.15) is 11.7 Å². The van der Waals surface area contributed by atoms with E-state index >= 15 is 0 Å². The Labute approximate surface area is 184 Å². The minimum absolute atomic E-state index is 0.0209. The molecule has 176 valence electrons. The van der Waals surface area contributed by atoms with Crippen LogP contribution in [0, 0.1) is 0 Å². The zero-order chi connectivity index (χ0) is 24.4. The van der Waals surface area contributed by atoms with Crippen molar-refractivity contribution in [2.75, 3.05) is 12.8 Å². The summed E-state index contributed by atoms with van der Waals surface area (Å²) in [5.74, 6) is -5.09. The molecule has 18 heteroatoms. The molecule has 0 aliphatic carbocycles.